The second kappa shape index (κ2) is 10.2. The zero-order valence-electron chi connectivity index (χ0n) is 20.4. The van der Waals surface area contributed by atoms with Gasteiger partial charge in [-0.2, -0.15) is 0 Å². The van der Waals surface area contributed by atoms with E-state index >= 15 is 4.39 Å². The molecule has 0 unspecified atom stereocenters. The molecule has 5 nitrogen and oxygen atoms in total. The van der Waals surface area contributed by atoms with Crippen molar-refractivity contribution in [2.24, 2.45) is 5.92 Å². The molecule has 2 fully saturated rings. The third-order valence-electron chi connectivity index (χ3n) is 8.21. The summed E-state index contributed by atoms with van der Waals surface area (Å²) in [6.07, 6.45) is 2.31. The zero-order chi connectivity index (χ0) is 25.5. The van der Waals surface area contributed by atoms with Crippen LogP contribution in [0.25, 0.3) is 0 Å². The summed E-state index contributed by atoms with van der Waals surface area (Å²) in [5.41, 5.74) is 0.392. The summed E-state index contributed by atoms with van der Waals surface area (Å²) in [6.45, 7) is 1.92. The first kappa shape index (κ1) is 25.9. The molecule has 3 aliphatic heterocycles. The van der Waals surface area contributed by atoms with Gasteiger partial charge in [0.05, 0.1) is 23.7 Å². The maximum atomic E-state index is 15.4. The molecule has 0 radical (unpaired) electrons. The van der Waals surface area contributed by atoms with E-state index in [0.717, 1.165) is 30.7 Å². The van der Waals surface area contributed by atoms with Gasteiger partial charge in [0.15, 0.2) is 21.4 Å². The molecule has 0 N–H and O–H groups in total. The van der Waals surface area contributed by atoms with Crippen LogP contribution in [0.1, 0.15) is 36.8 Å². The van der Waals surface area contributed by atoms with Gasteiger partial charge in [-0.25, -0.2) is 17.2 Å². The average Bonchev–Trinajstić information content (AvgIpc) is 2.86. The number of hydrogen-bond acceptors (Lipinski definition) is 5. The van der Waals surface area contributed by atoms with Crippen LogP contribution in [0.2, 0.25) is 5.02 Å². The number of benzene rings is 2. The van der Waals surface area contributed by atoms with E-state index < -0.39 is 33.0 Å². The van der Waals surface area contributed by atoms with Crippen molar-refractivity contribution < 1.29 is 26.7 Å². The predicted octanol–water partition coefficient (Wildman–Crippen LogP) is 4.80. The molecule has 2 saturated heterocycles. The Hall–Kier alpha value is -1.74. The van der Waals surface area contributed by atoms with Gasteiger partial charge < -0.3 is 14.4 Å². The van der Waals surface area contributed by atoms with Crippen LogP contribution in [0.5, 0.6) is 5.75 Å². The van der Waals surface area contributed by atoms with Gasteiger partial charge in [0.1, 0.15) is 5.82 Å². The Morgan fingerprint density at radius 3 is 2.64 bits per heavy atom. The topological polar surface area (TPSA) is 55.8 Å². The molecule has 0 bridgehead atoms. The minimum atomic E-state index is -3.32. The normalized spacial score (nSPS) is 28.7. The van der Waals surface area contributed by atoms with E-state index in [1.807, 2.05) is 19.2 Å². The highest BCUT2D eigenvalue weighted by atomic mass is 35.5. The third-order valence-corrected chi connectivity index (χ3v) is 10.7. The molecule has 3 heterocycles. The quantitative estimate of drug-likeness (QED) is 0.528. The Morgan fingerprint density at radius 2 is 1.89 bits per heavy atom. The van der Waals surface area contributed by atoms with Gasteiger partial charge in [-0.3, -0.25) is 0 Å². The van der Waals surface area contributed by atoms with Gasteiger partial charge in [0, 0.05) is 35.1 Å². The Morgan fingerprint density at radius 1 is 1.14 bits per heavy atom. The van der Waals surface area contributed by atoms with Crippen LogP contribution < -0.4 is 4.74 Å². The van der Waals surface area contributed by atoms with Crippen LogP contribution in [0.3, 0.4) is 0 Å². The van der Waals surface area contributed by atoms with Gasteiger partial charge in [-0.15, -0.1) is 0 Å². The molecule has 0 aromatic heterocycles. The van der Waals surface area contributed by atoms with E-state index in [2.05, 4.69) is 4.90 Å². The molecule has 2 aromatic rings. The number of fused-ring (bicyclic) bond motifs is 3. The summed E-state index contributed by atoms with van der Waals surface area (Å²) in [6, 6.07) is 9.61. The predicted molar refractivity (Wildman–Crippen MR) is 135 cm³/mol. The maximum absolute atomic E-state index is 15.4. The van der Waals surface area contributed by atoms with E-state index in [0.29, 0.717) is 43.9 Å². The lowest BCUT2D eigenvalue weighted by Gasteiger charge is -2.51. The van der Waals surface area contributed by atoms with Gasteiger partial charge >= 0.3 is 0 Å². The zero-order valence-corrected chi connectivity index (χ0v) is 22.0. The molecule has 0 spiro atoms. The van der Waals surface area contributed by atoms with Gasteiger partial charge in [-0.05, 0) is 75.5 Å². The largest absolute Gasteiger partial charge is 0.490 e. The number of ether oxygens (including phenoxy) is 2. The Labute approximate surface area is 216 Å². The molecule has 0 amide bonds. The summed E-state index contributed by atoms with van der Waals surface area (Å²) >= 11 is 6.09. The molecule has 5 rings (SSSR count). The highest BCUT2D eigenvalue weighted by molar-refractivity contribution is 7.92. The van der Waals surface area contributed by atoms with Crippen molar-refractivity contribution in [2.75, 3.05) is 39.1 Å². The number of piperidine rings is 1. The van der Waals surface area contributed by atoms with Crippen molar-refractivity contribution in [3.63, 3.8) is 0 Å². The standard InChI is InChI=1S/C27H32ClF2NO4S/c1-31-12-2-3-20(16-31)36(32,33)14-10-24-21-17-35-26-23(30)9-8-22(29)25(26)27(21,11-13-34-24)15-18-4-6-19(28)7-5-18/h4-9,20-21,24H,2-3,10-17H2,1H3/t20-,21+,24+,27+/m1/s1. The summed E-state index contributed by atoms with van der Waals surface area (Å²) in [7, 11) is -1.38. The highest BCUT2D eigenvalue weighted by Gasteiger charge is 2.53. The van der Waals surface area contributed by atoms with Crippen LogP contribution in [0.4, 0.5) is 8.78 Å². The molecule has 36 heavy (non-hydrogen) atoms. The van der Waals surface area contributed by atoms with Gasteiger partial charge in [0.2, 0.25) is 0 Å². The van der Waals surface area contributed by atoms with Crippen molar-refractivity contribution in [1.82, 2.24) is 4.90 Å². The maximum Gasteiger partial charge on any atom is 0.165 e. The molecule has 196 valence electrons. The van der Waals surface area contributed by atoms with Crippen LogP contribution in [-0.4, -0.2) is 63.8 Å². The monoisotopic (exact) mass is 539 g/mol. The Kier molecular flexibility index (Phi) is 7.33. The van der Waals surface area contributed by atoms with E-state index in [1.165, 1.54) is 0 Å². The molecule has 2 aromatic carbocycles. The first-order chi connectivity index (χ1) is 17.2. The first-order valence-corrected chi connectivity index (χ1v) is 14.7. The van der Waals surface area contributed by atoms with Gasteiger partial charge in [0.25, 0.3) is 0 Å². The number of hydrogen-bond donors (Lipinski definition) is 0. The van der Waals surface area contributed by atoms with E-state index in [1.54, 1.807) is 12.1 Å². The Balaban J connectivity index is 1.46. The molecule has 0 saturated carbocycles. The fraction of sp³-hybridized carbons (Fsp3) is 0.556. The lowest BCUT2D eigenvalue weighted by molar-refractivity contribution is -0.0963. The lowest BCUT2D eigenvalue weighted by Crippen LogP contribution is -2.55. The molecular formula is C27H32ClF2NO4S. The van der Waals surface area contributed by atoms with Crippen LogP contribution >= 0.6 is 11.6 Å². The summed E-state index contributed by atoms with van der Waals surface area (Å²) in [4.78, 5) is 2.06. The van der Waals surface area contributed by atoms with Crippen LogP contribution in [0, 0.1) is 17.6 Å². The lowest BCUT2D eigenvalue weighted by atomic mass is 9.60. The average molecular weight is 540 g/mol. The van der Waals surface area contributed by atoms with Crippen molar-refractivity contribution >= 4 is 21.4 Å². The van der Waals surface area contributed by atoms with Gasteiger partial charge in [-0.1, -0.05) is 23.7 Å². The smallest absolute Gasteiger partial charge is 0.165 e. The summed E-state index contributed by atoms with van der Waals surface area (Å²) in [5.74, 6) is -1.47. The Bertz CT molecular complexity index is 1210. The number of likely N-dealkylation sites (tertiary alicyclic amines) is 1. The number of nitrogens with zero attached hydrogens (tertiary/aromatic N) is 1. The number of halogens is 3. The molecular weight excluding hydrogens is 508 g/mol. The van der Waals surface area contributed by atoms with Crippen molar-refractivity contribution in [3.8, 4) is 5.75 Å². The fourth-order valence-corrected chi connectivity index (χ4v) is 8.38. The van der Waals surface area contributed by atoms with E-state index in [9.17, 15) is 12.8 Å². The fourth-order valence-electron chi connectivity index (χ4n) is 6.36. The second-order valence-corrected chi connectivity index (χ2v) is 13.3. The number of rotatable bonds is 6. The number of sulfone groups is 1. The van der Waals surface area contributed by atoms with Crippen molar-refractivity contribution in [2.45, 2.75) is 48.9 Å². The minimum Gasteiger partial charge on any atom is -0.490 e. The highest BCUT2D eigenvalue weighted by Crippen LogP contribution is 2.52. The SMILES string of the molecule is CN1CCC[C@@H](S(=O)(=O)CC[C@@H]2OCC[C@@]3(Cc4ccc(Cl)cc4)c4c(F)ccc(F)c4OC[C@@H]23)C1. The third kappa shape index (κ3) is 4.89. The van der Waals surface area contributed by atoms with Crippen LogP contribution in [0.15, 0.2) is 36.4 Å². The second-order valence-electron chi connectivity index (χ2n) is 10.5. The molecule has 9 heteroatoms. The molecule has 0 aliphatic carbocycles. The summed E-state index contributed by atoms with van der Waals surface area (Å²) < 4.78 is 68.5. The van der Waals surface area contributed by atoms with Crippen LogP contribution in [-0.2, 0) is 26.4 Å². The molecule has 4 atom stereocenters. The minimum absolute atomic E-state index is 0.00217. The first-order valence-electron chi connectivity index (χ1n) is 12.6. The van der Waals surface area contributed by atoms with Crippen molar-refractivity contribution in [3.05, 3.63) is 64.2 Å². The van der Waals surface area contributed by atoms with Crippen molar-refractivity contribution in [1.29, 1.82) is 0 Å². The summed E-state index contributed by atoms with van der Waals surface area (Å²) in [5, 5.41) is 0.217. The van der Waals surface area contributed by atoms with E-state index in [-0.39, 0.29) is 34.8 Å². The van der Waals surface area contributed by atoms with E-state index in [4.69, 9.17) is 21.1 Å². The molecule has 3 aliphatic rings.